The molecule has 0 saturated heterocycles. The van der Waals surface area contributed by atoms with E-state index in [9.17, 15) is 13.9 Å². The van der Waals surface area contributed by atoms with E-state index < -0.39 is 17.7 Å². The van der Waals surface area contributed by atoms with Crippen molar-refractivity contribution in [3.05, 3.63) is 70.8 Å². The lowest BCUT2D eigenvalue weighted by molar-refractivity contribution is 0.131. The summed E-state index contributed by atoms with van der Waals surface area (Å²) in [5, 5.41) is 14.3. The molecule has 4 heteroatoms. The second-order valence-corrected chi connectivity index (χ2v) is 9.82. The first-order valence-electron chi connectivity index (χ1n) is 11.2. The van der Waals surface area contributed by atoms with Gasteiger partial charge in [-0.2, -0.15) is 0 Å². The molecule has 0 aliphatic heterocycles. The summed E-state index contributed by atoms with van der Waals surface area (Å²) in [6.07, 6.45) is 6.05. The van der Waals surface area contributed by atoms with Gasteiger partial charge in [-0.1, -0.05) is 64.3 Å². The highest BCUT2D eigenvalue weighted by molar-refractivity contribution is 5.33. The highest BCUT2D eigenvalue weighted by atomic mass is 19.1. The first kappa shape index (κ1) is 22.9. The monoisotopic (exact) mass is 415 g/mol. The van der Waals surface area contributed by atoms with E-state index in [1.165, 1.54) is 42.5 Å². The normalized spacial score (nSPS) is 17.7. The molecule has 0 radical (unpaired) electrons. The van der Waals surface area contributed by atoms with Crippen LogP contribution >= 0.6 is 0 Å². The fourth-order valence-corrected chi connectivity index (χ4v) is 4.51. The van der Waals surface area contributed by atoms with Crippen LogP contribution in [0.15, 0.2) is 42.5 Å². The number of nitrogens with one attached hydrogen (secondary N) is 1. The maximum atomic E-state index is 13.4. The topological polar surface area (TPSA) is 32.3 Å². The molecule has 2 N–H and O–H groups in total. The lowest BCUT2D eigenvalue weighted by atomic mass is 9.74. The van der Waals surface area contributed by atoms with E-state index in [2.05, 4.69) is 50.4 Å². The first-order valence-corrected chi connectivity index (χ1v) is 11.2. The number of rotatable bonds is 7. The standard InChI is InChI=1S/C26H35F2NO/c1-25(2,3)20-8-7-9-21(16-20)26(12-5-4-6-13-26)29-18-24(30)11-10-19-14-22(27)17-23(28)15-19/h7-9,14-17,24,29-30H,4-6,10-13,18H2,1-3H3/t24-/m0/s1. The highest BCUT2D eigenvalue weighted by Gasteiger charge is 2.34. The molecule has 164 valence electrons. The summed E-state index contributed by atoms with van der Waals surface area (Å²) in [6, 6.07) is 12.4. The fourth-order valence-electron chi connectivity index (χ4n) is 4.51. The summed E-state index contributed by atoms with van der Waals surface area (Å²) < 4.78 is 26.8. The van der Waals surface area contributed by atoms with Gasteiger partial charge < -0.3 is 10.4 Å². The summed E-state index contributed by atoms with van der Waals surface area (Å²) >= 11 is 0. The maximum Gasteiger partial charge on any atom is 0.126 e. The van der Waals surface area contributed by atoms with Gasteiger partial charge in [0, 0.05) is 18.2 Å². The zero-order valence-electron chi connectivity index (χ0n) is 18.5. The molecule has 1 aliphatic carbocycles. The third kappa shape index (κ3) is 5.89. The van der Waals surface area contributed by atoms with Gasteiger partial charge in [0.1, 0.15) is 11.6 Å². The molecule has 0 bridgehead atoms. The van der Waals surface area contributed by atoms with E-state index in [-0.39, 0.29) is 11.0 Å². The molecule has 0 spiro atoms. The van der Waals surface area contributed by atoms with Crippen LogP contribution in [0.5, 0.6) is 0 Å². The lowest BCUT2D eigenvalue weighted by Gasteiger charge is -2.40. The predicted molar refractivity (Wildman–Crippen MR) is 119 cm³/mol. The summed E-state index contributed by atoms with van der Waals surface area (Å²) in [7, 11) is 0. The van der Waals surface area contributed by atoms with Crippen LogP contribution in [0.3, 0.4) is 0 Å². The minimum atomic E-state index is -0.572. The van der Waals surface area contributed by atoms with Crippen molar-refractivity contribution >= 4 is 0 Å². The van der Waals surface area contributed by atoms with E-state index in [1.807, 2.05) is 0 Å². The van der Waals surface area contributed by atoms with Crippen molar-refractivity contribution in [2.45, 2.75) is 82.8 Å². The van der Waals surface area contributed by atoms with Gasteiger partial charge in [0.15, 0.2) is 0 Å². The fraction of sp³-hybridized carbons (Fsp3) is 0.538. The third-order valence-corrected chi connectivity index (χ3v) is 6.35. The smallest absolute Gasteiger partial charge is 0.126 e. The van der Waals surface area contributed by atoms with E-state index in [1.54, 1.807) is 0 Å². The van der Waals surface area contributed by atoms with Gasteiger partial charge in [0.05, 0.1) is 6.10 Å². The Labute approximate surface area is 179 Å². The Balaban J connectivity index is 1.68. The van der Waals surface area contributed by atoms with E-state index in [0.29, 0.717) is 24.9 Å². The molecule has 1 aliphatic rings. The minimum absolute atomic E-state index is 0.0889. The van der Waals surface area contributed by atoms with Crippen LogP contribution in [0.2, 0.25) is 0 Å². The molecular weight excluding hydrogens is 380 g/mol. The average Bonchev–Trinajstić information content (AvgIpc) is 2.70. The van der Waals surface area contributed by atoms with E-state index in [4.69, 9.17) is 0 Å². The Kier molecular flexibility index (Phi) is 7.30. The molecule has 0 aromatic heterocycles. The molecule has 3 rings (SSSR count). The minimum Gasteiger partial charge on any atom is -0.392 e. The molecule has 2 aromatic rings. The maximum absolute atomic E-state index is 13.4. The van der Waals surface area contributed by atoms with Crippen molar-refractivity contribution in [1.29, 1.82) is 0 Å². The molecule has 2 aromatic carbocycles. The van der Waals surface area contributed by atoms with Crippen LogP contribution in [0.25, 0.3) is 0 Å². The molecule has 1 fully saturated rings. The van der Waals surface area contributed by atoms with Crippen molar-refractivity contribution in [3.63, 3.8) is 0 Å². The Hall–Kier alpha value is -1.78. The van der Waals surface area contributed by atoms with E-state index >= 15 is 0 Å². The molecule has 1 atom stereocenters. The summed E-state index contributed by atoms with van der Waals surface area (Å²) in [6.45, 7) is 7.15. The van der Waals surface area contributed by atoms with Crippen LogP contribution in [-0.2, 0) is 17.4 Å². The Bertz CT molecular complexity index is 817. The molecule has 0 heterocycles. The molecule has 1 saturated carbocycles. The summed E-state index contributed by atoms with van der Waals surface area (Å²) in [4.78, 5) is 0. The number of halogens is 2. The van der Waals surface area contributed by atoms with Crippen molar-refractivity contribution in [2.24, 2.45) is 0 Å². The summed E-state index contributed by atoms with van der Waals surface area (Å²) in [5.41, 5.74) is 3.17. The van der Waals surface area contributed by atoms with Gasteiger partial charge in [-0.15, -0.1) is 0 Å². The Morgan fingerprint density at radius 3 is 2.30 bits per heavy atom. The second-order valence-electron chi connectivity index (χ2n) is 9.82. The summed E-state index contributed by atoms with van der Waals surface area (Å²) in [5.74, 6) is -1.14. The van der Waals surface area contributed by atoms with Gasteiger partial charge >= 0.3 is 0 Å². The number of hydrogen-bond donors (Lipinski definition) is 2. The lowest BCUT2D eigenvalue weighted by Crippen LogP contribution is -2.47. The van der Waals surface area contributed by atoms with Crippen molar-refractivity contribution in [2.75, 3.05) is 6.54 Å². The van der Waals surface area contributed by atoms with Crippen LogP contribution in [0, 0.1) is 11.6 Å². The van der Waals surface area contributed by atoms with Crippen molar-refractivity contribution < 1.29 is 13.9 Å². The Morgan fingerprint density at radius 2 is 1.67 bits per heavy atom. The second kappa shape index (κ2) is 9.57. The van der Waals surface area contributed by atoms with Gasteiger partial charge in [-0.3, -0.25) is 0 Å². The van der Waals surface area contributed by atoms with Crippen molar-refractivity contribution in [1.82, 2.24) is 5.32 Å². The number of benzene rings is 2. The zero-order chi connectivity index (χ0) is 21.8. The quantitative estimate of drug-likeness (QED) is 0.581. The average molecular weight is 416 g/mol. The van der Waals surface area contributed by atoms with E-state index in [0.717, 1.165) is 18.9 Å². The zero-order valence-corrected chi connectivity index (χ0v) is 18.5. The third-order valence-electron chi connectivity index (χ3n) is 6.35. The van der Waals surface area contributed by atoms with Crippen LogP contribution < -0.4 is 5.32 Å². The highest BCUT2D eigenvalue weighted by Crippen LogP contribution is 2.38. The predicted octanol–water partition coefficient (Wildman–Crippen LogP) is 6.01. The molecule has 0 amide bonds. The number of aryl methyl sites for hydroxylation is 1. The van der Waals surface area contributed by atoms with Crippen LogP contribution in [0.4, 0.5) is 8.78 Å². The number of hydrogen-bond acceptors (Lipinski definition) is 2. The van der Waals surface area contributed by atoms with Gasteiger partial charge in [0.25, 0.3) is 0 Å². The molecule has 30 heavy (non-hydrogen) atoms. The van der Waals surface area contributed by atoms with Gasteiger partial charge in [-0.25, -0.2) is 8.78 Å². The molecule has 0 unspecified atom stereocenters. The molecule has 2 nitrogen and oxygen atoms in total. The van der Waals surface area contributed by atoms with Gasteiger partial charge in [-0.05, 0) is 59.9 Å². The van der Waals surface area contributed by atoms with Crippen molar-refractivity contribution in [3.8, 4) is 0 Å². The Morgan fingerprint density at radius 1 is 1.00 bits per heavy atom. The number of aliphatic hydroxyl groups is 1. The molecular formula is C26H35F2NO. The largest absolute Gasteiger partial charge is 0.392 e. The van der Waals surface area contributed by atoms with Gasteiger partial charge in [0.2, 0.25) is 0 Å². The van der Waals surface area contributed by atoms with Crippen LogP contribution in [0.1, 0.15) is 76.0 Å². The number of aliphatic hydroxyl groups excluding tert-OH is 1. The van der Waals surface area contributed by atoms with Crippen LogP contribution in [-0.4, -0.2) is 17.8 Å². The SMILES string of the molecule is CC(C)(C)c1cccc(C2(NC[C@@H](O)CCc3cc(F)cc(F)c3)CCCCC2)c1. The first-order chi connectivity index (χ1) is 14.2.